The molecule has 0 heterocycles. The first-order chi connectivity index (χ1) is 11.4. The maximum absolute atomic E-state index is 13.3. The van der Waals surface area contributed by atoms with Gasteiger partial charge in [-0.1, -0.05) is 24.3 Å². The van der Waals surface area contributed by atoms with Crippen LogP contribution < -0.4 is 5.73 Å². The molecule has 0 radical (unpaired) electrons. The third-order valence-corrected chi connectivity index (χ3v) is 3.70. The number of carbonyl (C=O) groups excluding carboxylic acids is 2. The Hall–Kier alpha value is -2.73. The van der Waals surface area contributed by atoms with Crippen molar-refractivity contribution in [2.45, 2.75) is 19.4 Å². The molecular formula is C18H19FN2O3. The molecule has 0 fully saturated rings. The number of hydrogen-bond acceptors (Lipinski definition) is 4. The van der Waals surface area contributed by atoms with E-state index in [0.717, 1.165) is 10.5 Å². The van der Waals surface area contributed by atoms with Crippen molar-refractivity contribution in [2.24, 2.45) is 5.73 Å². The lowest BCUT2D eigenvalue weighted by Gasteiger charge is -2.21. The van der Waals surface area contributed by atoms with Crippen LogP contribution in [0.1, 0.15) is 21.5 Å². The number of phenolic OH excluding ortho intramolecular Hbond substituents is 1. The fourth-order valence-corrected chi connectivity index (χ4v) is 2.44. The fourth-order valence-electron chi connectivity index (χ4n) is 2.44. The Morgan fingerprint density at radius 3 is 2.67 bits per heavy atom. The molecule has 0 aliphatic rings. The predicted molar refractivity (Wildman–Crippen MR) is 88.0 cm³/mol. The summed E-state index contributed by atoms with van der Waals surface area (Å²) in [4.78, 5) is 24.7. The van der Waals surface area contributed by atoms with E-state index >= 15 is 0 Å². The molecule has 3 N–H and O–H groups in total. The lowest BCUT2D eigenvalue weighted by molar-refractivity contribution is -0.116. The molecule has 2 amide bonds. The lowest BCUT2D eigenvalue weighted by atomic mass is 10.0. The number of carbonyl (C=O) groups is 2. The van der Waals surface area contributed by atoms with Crippen molar-refractivity contribution >= 4 is 12.3 Å². The van der Waals surface area contributed by atoms with E-state index in [1.165, 1.54) is 12.1 Å². The largest absolute Gasteiger partial charge is 0.505 e. The van der Waals surface area contributed by atoms with Gasteiger partial charge in [0.25, 0.3) is 5.91 Å². The number of imide groups is 1. The molecule has 2 rings (SSSR count). The Kier molecular flexibility index (Phi) is 5.65. The Balaban J connectivity index is 2.06. The average Bonchev–Trinajstić information content (AvgIpc) is 2.56. The number of aryl methyl sites for hydroxylation is 1. The second-order valence-corrected chi connectivity index (χ2v) is 5.63. The number of rotatable bonds is 6. The monoisotopic (exact) mass is 330 g/mol. The van der Waals surface area contributed by atoms with E-state index in [4.69, 9.17) is 5.73 Å². The Morgan fingerprint density at radius 1 is 1.33 bits per heavy atom. The van der Waals surface area contributed by atoms with Crippen LogP contribution >= 0.6 is 0 Å². The van der Waals surface area contributed by atoms with Gasteiger partial charge in [0.15, 0.2) is 11.6 Å². The van der Waals surface area contributed by atoms with Gasteiger partial charge in [-0.3, -0.25) is 14.5 Å². The molecule has 0 bridgehead atoms. The van der Waals surface area contributed by atoms with Crippen molar-refractivity contribution in [3.63, 3.8) is 0 Å². The zero-order valence-corrected chi connectivity index (χ0v) is 13.3. The van der Waals surface area contributed by atoms with Crippen LogP contribution in [0.2, 0.25) is 0 Å². The van der Waals surface area contributed by atoms with Crippen LogP contribution in [0.5, 0.6) is 5.75 Å². The van der Waals surface area contributed by atoms with Crippen molar-refractivity contribution in [3.05, 3.63) is 65.0 Å². The molecule has 0 aliphatic heterocycles. The molecule has 0 saturated carbocycles. The minimum absolute atomic E-state index is 0.0131. The zero-order valence-electron chi connectivity index (χ0n) is 13.3. The molecular weight excluding hydrogens is 311 g/mol. The Morgan fingerprint density at radius 2 is 2.04 bits per heavy atom. The summed E-state index contributed by atoms with van der Waals surface area (Å²) in [6.07, 6.45) is 0.717. The summed E-state index contributed by atoms with van der Waals surface area (Å²) in [7, 11) is 0. The van der Waals surface area contributed by atoms with Gasteiger partial charge in [0.1, 0.15) is 0 Å². The van der Waals surface area contributed by atoms with Crippen LogP contribution in [0.25, 0.3) is 0 Å². The lowest BCUT2D eigenvalue weighted by Crippen LogP contribution is -2.41. The third kappa shape index (κ3) is 4.17. The van der Waals surface area contributed by atoms with Gasteiger partial charge in [-0.2, -0.15) is 0 Å². The van der Waals surface area contributed by atoms with Gasteiger partial charge in [0.05, 0.1) is 0 Å². The molecule has 1 unspecified atom stereocenters. The quantitative estimate of drug-likeness (QED) is 0.794. The summed E-state index contributed by atoms with van der Waals surface area (Å²) in [5.74, 6) is -1.59. The standard InChI is InChI=1S/C18H19FN2O3/c1-12-4-2-3-5-15(12)18(24)21(11-22)10-14(20)8-13-6-7-17(23)16(19)9-13/h2-7,9,11,14,23H,8,10,20H2,1H3. The van der Waals surface area contributed by atoms with Gasteiger partial charge in [-0.25, -0.2) is 4.39 Å². The zero-order chi connectivity index (χ0) is 17.7. The van der Waals surface area contributed by atoms with Gasteiger partial charge < -0.3 is 10.8 Å². The van der Waals surface area contributed by atoms with E-state index in [0.29, 0.717) is 17.5 Å². The number of halogens is 1. The first-order valence-corrected chi connectivity index (χ1v) is 7.47. The summed E-state index contributed by atoms with van der Waals surface area (Å²) in [5.41, 5.74) is 7.77. The van der Waals surface area contributed by atoms with Gasteiger partial charge in [0.2, 0.25) is 6.41 Å². The number of phenols is 1. The molecule has 1 atom stereocenters. The predicted octanol–water partition coefficient (Wildman–Crippen LogP) is 2.01. The summed E-state index contributed by atoms with van der Waals surface area (Å²) in [6, 6.07) is 10.4. The van der Waals surface area contributed by atoms with Crippen LogP contribution in [-0.2, 0) is 11.2 Å². The molecule has 5 nitrogen and oxygen atoms in total. The number of nitrogens with zero attached hydrogens (tertiary/aromatic N) is 1. The minimum atomic E-state index is -0.733. The average molecular weight is 330 g/mol. The molecule has 24 heavy (non-hydrogen) atoms. The van der Waals surface area contributed by atoms with E-state index in [1.54, 1.807) is 31.2 Å². The maximum Gasteiger partial charge on any atom is 0.260 e. The fraction of sp³-hybridized carbons (Fsp3) is 0.222. The Labute approximate surface area is 139 Å². The van der Waals surface area contributed by atoms with Crippen molar-refractivity contribution in [3.8, 4) is 5.75 Å². The Bertz CT molecular complexity index is 749. The highest BCUT2D eigenvalue weighted by Gasteiger charge is 2.19. The van der Waals surface area contributed by atoms with E-state index in [1.807, 2.05) is 6.07 Å². The van der Waals surface area contributed by atoms with Crippen molar-refractivity contribution in [2.75, 3.05) is 6.54 Å². The van der Waals surface area contributed by atoms with Crippen molar-refractivity contribution < 1.29 is 19.1 Å². The molecule has 0 saturated heterocycles. The number of aromatic hydroxyl groups is 1. The number of amides is 2. The number of nitrogens with two attached hydrogens (primary N) is 1. The molecule has 0 spiro atoms. The highest BCUT2D eigenvalue weighted by atomic mass is 19.1. The van der Waals surface area contributed by atoms with E-state index in [2.05, 4.69) is 0 Å². The minimum Gasteiger partial charge on any atom is -0.505 e. The first kappa shape index (κ1) is 17.6. The molecule has 0 aromatic heterocycles. The normalized spacial score (nSPS) is 11.8. The molecule has 2 aromatic carbocycles. The van der Waals surface area contributed by atoms with Crippen LogP contribution in [-0.4, -0.2) is 34.9 Å². The van der Waals surface area contributed by atoms with Gasteiger partial charge in [0, 0.05) is 18.2 Å². The summed E-state index contributed by atoms with van der Waals surface area (Å²) >= 11 is 0. The number of benzene rings is 2. The topological polar surface area (TPSA) is 83.6 Å². The van der Waals surface area contributed by atoms with Crippen LogP contribution in [0.3, 0.4) is 0 Å². The van der Waals surface area contributed by atoms with Gasteiger partial charge in [-0.15, -0.1) is 0 Å². The highest BCUT2D eigenvalue weighted by Crippen LogP contribution is 2.17. The molecule has 6 heteroatoms. The number of hydrogen-bond donors (Lipinski definition) is 2. The highest BCUT2D eigenvalue weighted by molar-refractivity contribution is 6.00. The second kappa shape index (κ2) is 7.70. The van der Waals surface area contributed by atoms with Crippen molar-refractivity contribution in [1.29, 1.82) is 0 Å². The summed E-state index contributed by atoms with van der Waals surface area (Å²) in [5, 5.41) is 9.18. The van der Waals surface area contributed by atoms with Crippen LogP contribution in [0.4, 0.5) is 4.39 Å². The van der Waals surface area contributed by atoms with Crippen molar-refractivity contribution in [1.82, 2.24) is 4.90 Å². The summed E-state index contributed by atoms with van der Waals surface area (Å²) in [6.45, 7) is 1.80. The second-order valence-electron chi connectivity index (χ2n) is 5.63. The SMILES string of the molecule is Cc1ccccc1C(=O)N(C=O)CC(N)Cc1ccc(O)c(F)c1. The molecule has 2 aromatic rings. The maximum atomic E-state index is 13.3. The van der Waals surface area contributed by atoms with Gasteiger partial charge in [-0.05, 0) is 42.7 Å². The smallest absolute Gasteiger partial charge is 0.260 e. The van der Waals surface area contributed by atoms with Crippen LogP contribution in [0, 0.1) is 12.7 Å². The summed E-state index contributed by atoms with van der Waals surface area (Å²) < 4.78 is 13.3. The van der Waals surface area contributed by atoms with Crippen LogP contribution in [0.15, 0.2) is 42.5 Å². The first-order valence-electron chi connectivity index (χ1n) is 7.47. The third-order valence-electron chi connectivity index (χ3n) is 3.70. The van der Waals surface area contributed by atoms with E-state index < -0.39 is 23.5 Å². The van der Waals surface area contributed by atoms with E-state index in [-0.39, 0.29) is 13.0 Å². The van der Waals surface area contributed by atoms with E-state index in [9.17, 15) is 19.1 Å². The molecule has 126 valence electrons. The molecule has 0 aliphatic carbocycles. The van der Waals surface area contributed by atoms with Gasteiger partial charge >= 0.3 is 0 Å².